The van der Waals surface area contributed by atoms with E-state index >= 15 is 0 Å². The lowest BCUT2D eigenvalue weighted by molar-refractivity contribution is 0.747. The first kappa shape index (κ1) is 26.3. The Bertz CT molecular complexity index is 2390. The number of hydrogen-bond acceptors (Lipinski definition) is 2. The second kappa shape index (κ2) is 10.5. The molecule has 3 nitrogen and oxygen atoms in total. The second-order valence-corrected chi connectivity index (χ2v) is 12.1. The molecule has 0 amide bonds. The largest absolute Gasteiger partial charge is 0.333 e. The van der Waals surface area contributed by atoms with E-state index in [1.807, 2.05) is 30.3 Å². The highest BCUT2D eigenvalue weighted by Crippen LogP contribution is 2.50. The van der Waals surface area contributed by atoms with Crippen molar-refractivity contribution in [2.75, 3.05) is 4.90 Å². The predicted octanol–water partition coefficient (Wildman–Crippen LogP) is 10.6. The monoisotopic (exact) mass is 587 g/mol. The van der Waals surface area contributed by atoms with Crippen molar-refractivity contribution in [1.29, 1.82) is 5.26 Å². The van der Waals surface area contributed by atoms with Gasteiger partial charge in [-0.05, 0) is 82.4 Å². The molecule has 0 radical (unpaired) electrons. The van der Waals surface area contributed by atoms with E-state index < -0.39 is 0 Å². The van der Waals surface area contributed by atoms with Gasteiger partial charge in [-0.15, -0.1) is 0 Å². The minimum Gasteiger partial charge on any atom is -0.333 e. The second-order valence-electron chi connectivity index (χ2n) is 12.1. The summed E-state index contributed by atoms with van der Waals surface area (Å²) in [5.74, 6) is 0.184. The highest BCUT2D eigenvalue weighted by Gasteiger charge is 2.38. The number of fused-ring (bicyclic) bond motifs is 6. The molecule has 0 spiro atoms. The lowest BCUT2D eigenvalue weighted by Gasteiger charge is -2.30. The molecule has 0 N–H and O–H groups in total. The average Bonchev–Trinajstić information content (AvgIpc) is 3.64. The van der Waals surface area contributed by atoms with Gasteiger partial charge in [-0.1, -0.05) is 109 Å². The predicted molar refractivity (Wildman–Crippen MR) is 190 cm³/mol. The summed E-state index contributed by atoms with van der Waals surface area (Å²) in [6.45, 7) is 0. The number of aromatic nitrogens is 1. The summed E-state index contributed by atoms with van der Waals surface area (Å²) in [6, 6.07) is 53.9. The molecule has 2 unspecified atom stereocenters. The van der Waals surface area contributed by atoms with Gasteiger partial charge in [0.2, 0.25) is 0 Å². The fourth-order valence-corrected chi connectivity index (χ4v) is 7.46. The van der Waals surface area contributed by atoms with Gasteiger partial charge in [0.25, 0.3) is 0 Å². The van der Waals surface area contributed by atoms with E-state index in [1.165, 1.54) is 49.9 Å². The molecular formula is C43H29N3. The summed E-state index contributed by atoms with van der Waals surface area (Å²) in [7, 11) is 0. The van der Waals surface area contributed by atoms with Crippen molar-refractivity contribution in [2.24, 2.45) is 0 Å². The third-order valence-corrected chi connectivity index (χ3v) is 9.51. The first-order chi connectivity index (χ1) is 22.8. The third-order valence-electron chi connectivity index (χ3n) is 9.51. The molecule has 6 aromatic carbocycles. The van der Waals surface area contributed by atoms with Gasteiger partial charge in [-0.25, -0.2) is 0 Å². The number of nitrogens with zero attached hydrogens (tertiary/aromatic N) is 3. The quantitative estimate of drug-likeness (QED) is 0.205. The smallest absolute Gasteiger partial charge is 0.0992 e. The number of rotatable bonds is 4. The van der Waals surface area contributed by atoms with Gasteiger partial charge >= 0.3 is 0 Å². The van der Waals surface area contributed by atoms with Crippen LogP contribution >= 0.6 is 0 Å². The summed E-state index contributed by atoms with van der Waals surface area (Å²) >= 11 is 0. The Balaban J connectivity index is 1.15. The number of nitriles is 1. The maximum absolute atomic E-state index is 9.98. The summed E-state index contributed by atoms with van der Waals surface area (Å²) in [5.41, 5.74) is 12.4. The van der Waals surface area contributed by atoms with Crippen LogP contribution in [-0.2, 0) is 0 Å². The van der Waals surface area contributed by atoms with Gasteiger partial charge in [0.1, 0.15) is 0 Å². The zero-order valence-electron chi connectivity index (χ0n) is 25.1. The maximum Gasteiger partial charge on any atom is 0.0992 e. The number of para-hydroxylation sites is 3. The molecule has 216 valence electrons. The van der Waals surface area contributed by atoms with Crippen LogP contribution in [0.3, 0.4) is 0 Å². The Morgan fingerprint density at radius 1 is 0.565 bits per heavy atom. The minimum absolute atomic E-state index is 0.113. The van der Waals surface area contributed by atoms with Gasteiger partial charge in [-0.3, -0.25) is 0 Å². The molecule has 7 aromatic rings. The van der Waals surface area contributed by atoms with Crippen molar-refractivity contribution in [3.63, 3.8) is 0 Å². The lowest BCUT2D eigenvalue weighted by atomic mass is 9.86. The fourth-order valence-electron chi connectivity index (χ4n) is 7.46. The van der Waals surface area contributed by atoms with E-state index in [9.17, 15) is 5.26 Å². The van der Waals surface area contributed by atoms with Crippen LogP contribution in [0.5, 0.6) is 0 Å². The SMILES string of the molecule is N#Cc1cc(-c2ccccc2)cc(N2c3ccccc3C3C=C(c4ccc5c(c4)c4ccccc4n5-c4ccccc4)C=CC32)c1. The molecule has 0 saturated carbocycles. The Morgan fingerprint density at radius 2 is 1.30 bits per heavy atom. The Kier molecular flexibility index (Phi) is 6.01. The molecule has 46 heavy (non-hydrogen) atoms. The average molecular weight is 588 g/mol. The van der Waals surface area contributed by atoms with Crippen molar-refractivity contribution < 1.29 is 0 Å². The molecule has 2 aliphatic rings. The number of anilines is 2. The molecule has 1 aromatic heterocycles. The van der Waals surface area contributed by atoms with Crippen LogP contribution in [0.25, 0.3) is 44.2 Å². The fraction of sp³-hybridized carbons (Fsp3) is 0.0465. The van der Waals surface area contributed by atoms with E-state index in [1.54, 1.807) is 0 Å². The molecule has 2 heterocycles. The van der Waals surface area contributed by atoms with Crippen molar-refractivity contribution in [3.8, 4) is 22.9 Å². The Hall–Kier alpha value is -6.11. The van der Waals surface area contributed by atoms with Crippen LogP contribution in [0.15, 0.2) is 164 Å². The van der Waals surface area contributed by atoms with Gasteiger partial charge < -0.3 is 9.47 Å². The molecule has 0 saturated heterocycles. The zero-order chi connectivity index (χ0) is 30.6. The highest BCUT2D eigenvalue weighted by atomic mass is 15.2. The van der Waals surface area contributed by atoms with Gasteiger partial charge in [0.15, 0.2) is 0 Å². The van der Waals surface area contributed by atoms with Gasteiger partial charge in [-0.2, -0.15) is 5.26 Å². The van der Waals surface area contributed by atoms with Crippen LogP contribution in [0.1, 0.15) is 22.6 Å². The number of allylic oxidation sites excluding steroid dienone is 2. The Labute approximate surface area is 268 Å². The van der Waals surface area contributed by atoms with E-state index in [0.29, 0.717) is 5.56 Å². The molecule has 2 atom stereocenters. The molecule has 3 heteroatoms. The summed E-state index contributed by atoms with van der Waals surface area (Å²) in [5, 5.41) is 12.5. The van der Waals surface area contributed by atoms with Crippen LogP contribution < -0.4 is 4.90 Å². The summed E-state index contributed by atoms with van der Waals surface area (Å²) < 4.78 is 2.36. The molecule has 1 aliphatic heterocycles. The molecule has 9 rings (SSSR count). The summed E-state index contributed by atoms with van der Waals surface area (Å²) in [6.07, 6.45) is 7.07. The minimum atomic E-state index is 0.113. The maximum atomic E-state index is 9.98. The van der Waals surface area contributed by atoms with Crippen LogP contribution in [0.2, 0.25) is 0 Å². The van der Waals surface area contributed by atoms with E-state index in [4.69, 9.17) is 0 Å². The molecular weight excluding hydrogens is 558 g/mol. The van der Waals surface area contributed by atoms with E-state index in [0.717, 1.165) is 16.8 Å². The van der Waals surface area contributed by atoms with Crippen molar-refractivity contribution in [3.05, 3.63) is 181 Å². The highest BCUT2D eigenvalue weighted by molar-refractivity contribution is 6.10. The lowest BCUT2D eigenvalue weighted by Crippen LogP contribution is -2.29. The van der Waals surface area contributed by atoms with E-state index in [-0.39, 0.29) is 12.0 Å². The molecule has 0 bridgehead atoms. The zero-order valence-corrected chi connectivity index (χ0v) is 25.1. The normalized spacial score (nSPS) is 16.7. The van der Waals surface area contributed by atoms with E-state index in [2.05, 4.69) is 149 Å². The van der Waals surface area contributed by atoms with Gasteiger partial charge in [0, 0.05) is 33.8 Å². The van der Waals surface area contributed by atoms with Crippen LogP contribution in [0.4, 0.5) is 11.4 Å². The standard InChI is InChI=1S/C43H29N3/c44-28-29-23-33(30-11-3-1-4-12-30)25-35(24-29)46-41-18-10-8-16-37(41)39-27-32(20-22-43(39)46)31-19-21-42-38(26-31)36-15-7-9-17-40(36)45(42)34-13-5-2-6-14-34/h1-27,39,43H. The Morgan fingerprint density at radius 3 is 2.15 bits per heavy atom. The molecule has 1 aliphatic carbocycles. The first-order valence-electron chi connectivity index (χ1n) is 15.7. The van der Waals surface area contributed by atoms with Crippen LogP contribution in [-0.4, -0.2) is 10.6 Å². The molecule has 0 fully saturated rings. The van der Waals surface area contributed by atoms with Crippen molar-refractivity contribution in [1.82, 2.24) is 4.57 Å². The summed E-state index contributed by atoms with van der Waals surface area (Å²) in [4.78, 5) is 2.41. The third kappa shape index (κ3) is 4.12. The van der Waals surface area contributed by atoms with Gasteiger partial charge in [0.05, 0.1) is 28.7 Å². The number of hydrogen-bond donors (Lipinski definition) is 0. The topological polar surface area (TPSA) is 32.0 Å². The number of benzene rings is 6. The first-order valence-corrected chi connectivity index (χ1v) is 15.7. The van der Waals surface area contributed by atoms with Crippen molar-refractivity contribution >= 4 is 38.8 Å². The van der Waals surface area contributed by atoms with Crippen molar-refractivity contribution in [2.45, 2.75) is 12.0 Å². The van der Waals surface area contributed by atoms with Crippen LogP contribution in [0, 0.1) is 11.3 Å².